The van der Waals surface area contributed by atoms with Gasteiger partial charge in [-0.2, -0.15) is 10.2 Å². The number of rotatable bonds is 12. The Morgan fingerprint density at radius 2 is 0.877 bits per heavy atom. The molecule has 73 heavy (non-hydrogen) atoms. The number of para-hydroxylation sites is 2. The van der Waals surface area contributed by atoms with E-state index in [4.69, 9.17) is 51.1 Å². The van der Waals surface area contributed by atoms with Crippen LogP contribution in [0.4, 0.5) is 0 Å². The zero-order valence-corrected chi connectivity index (χ0v) is 44.3. The molecule has 8 rings (SSSR count). The van der Waals surface area contributed by atoms with Crippen molar-refractivity contribution in [2.24, 2.45) is 0 Å². The second kappa shape index (κ2) is 24.2. The van der Waals surface area contributed by atoms with Crippen molar-refractivity contribution in [1.29, 1.82) is 0 Å². The number of aryl methyl sites for hydroxylation is 2. The van der Waals surface area contributed by atoms with Crippen LogP contribution in [0.5, 0.6) is 0 Å². The van der Waals surface area contributed by atoms with Gasteiger partial charge in [0.2, 0.25) is 0 Å². The van der Waals surface area contributed by atoms with Crippen LogP contribution in [0.25, 0.3) is 58.2 Å². The number of aliphatic hydroxyl groups is 2. The summed E-state index contributed by atoms with van der Waals surface area (Å²) in [5.74, 6) is -1.33. The quantitative estimate of drug-likeness (QED) is 0.0612. The molecule has 6 aromatic carbocycles. The average molecular weight is 1050 g/mol. The molecule has 0 radical (unpaired) electrons. The van der Waals surface area contributed by atoms with Crippen molar-refractivity contribution in [1.82, 2.24) is 19.6 Å². The number of hydrogen-bond donors (Lipinski definition) is 3. The first-order valence-electron chi connectivity index (χ1n) is 22.3. The third-order valence-corrected chi connectivity index (χ3v) is 12.6. The maximum atomic E-state index is 11.8. The van der Waals surface area contributed by atoms with E-state index < -0.39 is 17.2 Å². The van der Waals surface area contributed by atoms with Crippen molar-refractivity contribution in [2.45, 2.75) is 52.7 Å². The third kappa shape index (κ3) is 13.7. The van der Waals surface area contributed by atoms with E-state index in [9.17, 15) is 24.9 Å². The second-order valence-electron chi connectivity index (χ2n) is 17.8. The van der Waals surface area contributed by atoms with Gasteiger partial charge in [-0.15, -0.1) is 0 Å². The first kappa shape index (κ1) is 57.7. The molecule has 2 heterocycles. The number of esters is 1. The number of carbonyl (C=O) groups is 2. The van der Waals surface area contributed by atoms with Gasteiger partial charge in [-0.05, 0) is 136 Å². The first-order chi connectivity index (χ1) is 33.6. The van der Waals surface area contributed by atoms with Gasteiger partial charge in [-0.3, -0.25) is 0 Å². The van der Waals surface area contributed by atoms with Crippen LogP contribution < -0.4 is 18.9 Å². The van der Waals surface area contributed by atoms with Crippen LogP contribution >= 0.6 is 46.4 Å². The number of aromatic carboxylic acids is 1. The normalized spacial score (nSPS) is 11.5. The van der Waals surface area contributed by atoms with Gasteiger partial charge in [0.15, 0.2) is 0 Å². The van der Waals surface area contributed by atoms with Gasteiger partial charge in [0.25, 0.3) is 0 Å². The fourth-order valence-electron chi connectivity index (χ4n) is 7.67. The van der Waals surface area contributed by atoms with Gasteiger partial charge in [0, 0.05) is 11.1 Å². The standard InChI is InChI=1S/C29H26Cl2N2O3.C28H24Cl2N2O3.Li.H2O/c1-18-15-20(12-11-19-7-5-8-21(16-19)28(34)36-4)13-14-22(18)25-17-26(29(2,3)35)32-33(25)27-23(30)9-6-10-24(27)31;1-17-14-19(11-10-18-6-4-7-20(15-18)27(33)34)12-13-21(17)24-16-25(28(2,3)35)31-32(24)26-22(29)8-5-9-23(26)30;;/h5-17,35H,1-4H3;4-16,35H,1-3H3,(H,33,34);;1H2/q;;+1;/p-1/b12-11+;11-10+;;. The molecule has 8 aromatic rings. The van der Waals surface area contributed by atoms with Crippen LogP contribution in [0.1, 0.15) is 93.2 Å². The van der Waals surface area contributed by atoms with Crippen LogP contribution in [-0.4, -0.2) is 59.4 Å². The minimum atomic E-state index is -1.16. The Kier molecular flexibility index (Phi) is 19.1. The zero-order chi connectivity index (χ0) is 51.4. The van der Waals surface area contributed by atoms with E-state index in [1.807, 2.05) is 98.8 Å². The number of methoxy groups -OCH3 is 1. The molecule has 0 fully saturated rings. The summed E-state index contributed by atoms with van der Waals surface area (Å²) in [6, 6.07) is 40.3. The number of nitrogens with zero attached hydrogens (tertiary/aromatic N) is 4. The molecule has 2 aromatic heterocycles. The van der Waals surface area contributed by atoms with Gasteiger partial charge >= 0.3 is 30.8 Å². The van der Waals surface area contributed by atoms with Crippen LogP contribution in [-0.2, 0) is 15.9 Å². The second-order valence-corrected chi connectivity index (χ2v) is 19.4. The Bertz CT molecular complexity index is 3330. The monoisotopic (exact) mass is 1050 g/mol. The Labute approximate surface area is 456 Å². The smallest absolute Gasteiger partial charge is 0.870 e. The summed E-state index contributed by atoms with van der Waals surface area (Å²) >= 11 is 26.0. The number of halogens is 4. The van der Waals surface area contributed by atoms with Crippen LogP contribution in [0.3, 0.4) is 0 Å². The number of carbonyl (C=O) groups excluding carboxylic acids is 1. The van der Waals surface area contributed by atoms with Crippen molar-refractivity contribution in [3.63, 3.8) is 0 Å². The molecule has 0 spiro atoms. The Hall–Kier alpha value is -6.20. The predicted molar refractivity (Wildman–Crippen MR) is 289 cm³/mol. The Balaban J connectivity index is 0.000000264. The minimum absolute atomic E-state index is 0. The maximum absolute atomic E-state index is 11.8. The van der Waals surface area contributed by atoms with E-state index >= 15 is 0 Å². The Morgan fingerprint density at radius 3 is 1.22 bits per heavy atom. The van der Waals surface area contributed by atoms with Gasteiger partial charge in [0.1, 0.15) is 22.6 Å². The summed E-state index contributed by atoms with van der Waals surface area (Å²) in [5.41, 5.74) is 9.51. The zero-order valence-electron chi connectivity index (χ0n) is 41.3. The molecule has 16 heteroatoms. The number of carboxylic acid groups (broad SMARTS) is 1. The number of carboxylic acids is 1. The van der Waals surface area contributed by atoms with Crippen molar-refractivity contribution >= 4 is 82.6 Å². The fourth-order valence-corrected chi connectivity index (χ4v) is 8.79. The molecule has 0 unspecified atom stereocenters. The molecule has 0 atom stereocenters. The van der Waals surface area contributed by atoms with E-state index in [0.717, 1.165) is 55.9 Å². The van der Waals surface area contributed by atoms with Crippen molar-refractivity contribution in [2.75, 3.05) is 7.11 Å². The molecule has 0 aliphatic heterocycles. The predicted octanol–water partition coefficient (Wildman–Crippen LogP) is 11.4. The van der Waals surface area contributed by atoms with Gasteiger partial charge in [-0.1, -0.05) is 144 Å². The van der Waals surface area contributed by atoms with E-state index in [1.165, 1.54) is 7.11 Å². The summed E-state index contributed by atoms with van der Waals surface area (Å²) in [6.07, 6.45) is 7.74. The number of benzene rings is 6. The van der Waals surface area contributed by atoms with Crippen LogP contribution in [0.2, 0.25) is 20.1 Å². The first-order valence-corrected chi connectivity index (χ1v) is 23.8. The molecule has 0 aliphatic rings. The number of aromatic nitrogens is 4. The molecule has 0 saturated heterocycles. The molecular weight excluding hydrogens is 1000 g/mol. The van der Waals surface area contributed by atoms with Gasteiger partial charge in [-0.25, -0.2) is 19.0 Å². The molecule has 0 saturated carbocycles. The number of hydrogen-bond acceptors (Lipinski definition) is 8. The average Bonchev–Trinajstić information content (AvgIpc) is 3.97. The van der Waals surface area contributed by atoms with Gasteiger partial charge in [0.05, 0.1) is 61.1 Å². The molecule has 0 bridgehead atoms. The molecular formula is C57H51Cl4LiN4O7. The molecule has 370 valence electrons. The van der Waals surface area contributed by atoms with Gasteiger partial charge < -0.3 is 25.5 Å². The van der Waals surface area contributed by atoms with E-state index in [-0.39, 0.29) is 35.9 Å². The van der Waals surface area contributed by atoms with Crippen molar-refractivity contribution in [3.8, 4) is 33.9 Å². The third-order valence-electron chi connectivity index (χ3n) is 11.4. The summed E-state index contributed by atoms with van der Waals surface area (Å²) in [6.45, 7) is 10.7. The summed E-state index contributed by atoms with van der Waals surface area (Å²) in [7, 11) is 1.37. The van der Waals surface area contributed by atoms with Crippen molar-refractivity contribution < 1.29 is 54.0 Å². The van der Waals surface area contributed by atoms with E-state index in [1.54, 1.807) is 104 Å². The largest absolute Gasteiger partial charge is 1.00 e. The molecule has 11 nitrogen and oxygen atoms in total. The molecule has 0 amide bonds. The fraction of sp³-hybridized carbons (Fsp3) is 0.158. The van der Waals surface area contributed by atoms with Crippen molar-refractivity contribution in [3.05, 3.63) is 209 Å². The van der Waals surface area contributed by atoms with Crippen LogP contribution in [0, 0.1) is 13.8 Å². The number of ether oxygens (including phenoxy) is 1. The summed E-state index contributed by atoms with van der Waals surface area (Å²) in [5, 5.41) is 41.6. The topological polar surface area (TPSA) is 170 Å². The maximum Gasteiger partial charge on any atom is 1.00 e. The van der Waals surface area contributed by atoms with E-state index in [0.29, 0.717) is 48.4 Å². The summed E-state index contributed by atoms with van der Waals surface area (Å²) in [4.78, 5) is 23.0. The molecule has 0 aliphatic carbocycles. The minimum Gasteiger partial charge on any atom is -0.870 e. The SMILES string of the molecule is COC(=O)c1cccc(/C=C/c2ccc(-c3cc(C(C)(C)O)nn3-c3c(Cl)cccc3Cl)c(C)c2)c1.Cc1cc(/C=C/c2cccc(C(=O)O)c2)ccc1-c1cc(C(C)(C)O)nn1-c1c(Cl)cccc1Cl.[Li+].[OH-]. The Morgan fingerprint density at radius 1 is 0.534 bits per heavy atom. The van der Waals surface area contributed by atoms with Crippen LogP contribution in [0.15, 0.2) is 133 Å². The summed E-state index contributed by atoms with van der Waals surface area (Å²) < 4.78 is 8.16. The van der Waals surface area contributed by atoms with E-state index in [2.05, 4.69) is 16.3 Å². The molecule has 4 N–H and O–H groups in total.